The normalized spacial score (nSPS) is 19.4. The van der Waals surface area contributed by atoms with E-state index in [-0.39, 0.29) is 11.9 Å². The molecule has 6 nitrogen and oxygen atoms in total. The van der Waals surface area contributed by atoms with Crippen LogP contribution < -0.4 is 5.32 Å². The second-order valence-corrected chi connectivity index (χ2v) is 5.15. The van der Waals surface area contributed by atoms with Gasteiger partial charge < -0.3 is 20.2 Å². The second kappa shape index (κ2) is 6.58. The van der Waals surface area contributed by atoms with Crippen LogP contribution in [0.1, 0.15) is 20.3 Å². The summed E-state index contributed by atoms with van der Waals surface area (Å²) in [7, 11) is 2.02. The molecule has 1 rings (SSSR count). The van der Waals surface area contributed by atoms with E-state index in [4.69, 9.17) is 5.11 Å². The second-order valence-electron chi connectivity index (χ2n) is 5.15. The van der Waals surface area contributed by atoms with Crippen molar-refractivity contribution < 1.29 is 14.7 Å². The van der Waals surface area contributed by atoms with Crippen LogP contribution in [-0.4, -0.2) is 66.2 Å². The maximum absolute atomic E-state index is 12.0. The number of carboxylic acids is 1. The fourth-order valence-electron chi connectivity index (χ4n) is 1.99. The highest BCUT2D eigenvalue weighted by atomic mass is 16.4. The lowest BCUT2D eigenvalue weighted by molar-refractivity contribution is -0.140. The van der Waals surface area contributed by atoms with Crippen LogP contribution >= 0.6 is 0 Å². The van der Waals surface area contributed by atoms with Gasteiger partial charge in [-0.05, 0) is 25.9 Å². The fraction of sp³-hybridized carbons (Fsp3) is 0.833. The van der Waals surface area contributed by atoms with Gasteiger partial charge in [-0.25, -0.2) is 9.59 Å². The molecule has 0 aromatic carbocycles. The van der Waals surface area contributed by atoms with Crippen LogP contribution in [0.3, 0.4) is 0 Å². The Labute approximate surface area is 108 Å². The molecule has 0 aromatic rings. The van der Waals surface area contributed by atoms with Crippen LogP contribution in [0, 0.1) is 5.92 Å². The third kappa shape index (κ3) is 4.18. The Bertz CT molecular complexity index is 307. The smallest absolute Gasteiger partial charge is 0.326 e. The quantitative estimate of drug-likeness (QED) is 0.769. The zero-order chi connectivity index (χ0) is 13.7. The first-order chi connectivity index (χ1) is 8.41. The molecule has 1 fully saturated rings. The van der Waals surface area contributed by atoms with Crippen molar-refractivity contribution in [2.24, 2.45) is 5.92 Å². The lowest BCUT2D eigenvalue weighted by Gasteiger charge is -2.25. The minimum absolute atomic E-state index is 0.124. The molecule has 0 saturated carbocycles. The molecule has 0 bridgehead atoms. The Morgan fingerprint density at radius 2 is 1.83 bits per heavy atom. The highest BCUT2D eigenvalue weighted by Crippen LogP contribution is 2.05. The maximum atomic E-state index is 12.0. The molecule has 1 heterocycles. The van der Waals surface area contributed by atoms with E-state index in [1.54, 1.807) is 18.7 Å². The predicted octanol–water partition coefficient (Wildman–Crippen LogP) is 0.443. The van der Waals surface area contributed by atoms with Crippen molar-refractivity contribution >= 4 is 12.0 Å². The van der Waals surface area contributed by atoms with Crippen LogP contribution in [0.5, 0.6) is 0 Å². The van der Waals surface area contributed by atoms with Crippen molar-refractivity contribution in [3.8, 4) is 0 Å². The molecule has 0 spiro atoms. The van der Waals surface area contributed by atoms with Crippen LogP contribution in [0.15, 0.2) is 0 Å². The van der Waals surface area contributed by atoms with Crippen molar-refractivity contribution in [2.45, 2.75) is 26.3 Å². The number of likely N-dealkylation sites (N-methyl/N-ethyl adjacent to an activating group) is 1. The van der Waals surface area contributed by atoms with Gasteiger partial charge in [-0.15, -0.1) is 0 Å². The van der Waals surface area contributed by atoms with Gasteiger partial charge in [-0.2, -0.15) is 0 Å². The van der Waals surface area contributed by atoms with E-state index in [2.05, 4.69) is 10.2 Å². The average Bonchev–Trinajstić information content (AvgIpc) is 2.49. The van der Waals surface area contributed by atoms with Crippen LogP contribution in [-0.2, 0) is 4.79 Å². The molecule has 1 atom stereocenters. The highest BCUT2D eigenvalue weighted by molar-refractivity contribution is 5.82. The summed E-state index contributed by atoms with van der Waals surface area (Å²) in [5.74, 6) is -1.11. The number of urea groups is 1. The lowest BCUT2D eigenvalue weighted by atomic mass is 10.1. The zero-order valence-corrected chi connectivity index (χ0v) is 11.3. The minimum Gasteiger partial charge on any atom is -0.480 e. The number of hydrogen-bond donors (Lipinski definition) is 2. The third-order valence-electron chi connectivity index (χ3n) is 3.22. The standard InChI is InChI=1S/C12H23N3O3/c1-9(2)10(11(16)17)13-12(18)15-6-4-5-14(3)7-8-15/h9-10H,4-8H2,1-3H3,(H,13,18)(H,16,17). The number of rotatable bonds is 3. The number of nitrogens with one attached hydrogen (secondary N) is 1. The van der Waals surface area contributed by atoms with Crippen molar-refractivity contribution in [3.63, 3.8) is 0 Å². The molecule has 6 heteroatoms. The monoisotopic (exact) mass is 257 g/mol. The molecular formula is C12H23N3O3. The van der Waals surface area contributed by atoms with Gasteiger partial charge in [0.1, 0.15) is 6.04 Å². The van der Waals surface area contributed by atoms with E-state index >= 15 is 0 Å². The van der Waals surface area contributed by atoms with E-state index in [1.807, 2.05) is 7.05 Å². The number of aliphatic carboxylic acids is 1. The van der Waals surface area contributed by atoms with Gasteiger partial charge in [0.2, 0.25) is 0 Å². The zero-order valence-electron chi connectivity index (χ0n) is 11.3. The number of hydrogen-bond acceptors (Lipinski definition) is 3. The molecule has 18 heavy (non-hydrogen) atoms. The summed E-state index contributed by atoms with van der Waals surface area (Å²) in [5.41, 5.74) is 0. The number of carboxylic acid groups (broad SMARTS) is 1. The summed E-state index contributed by atoms with van der Waals surface area (Å²) in [6.45, 7) is 6.70. The van der Waals surface area contributed by atoms with Crippen LogP contribution in [0.2, 0.25) is 0 Å². The third-order valence-corrected chi connectivity index (χ3v) is 3.22. The topological polar surface area (TPSA) is 72.9 Å². The molecule has 1 aliphatic rings. The van der Waals surface area contributed by atoms with Crippen molar-refractivity contribution in [2.75, 3.05) is 33.2 Å². The maximum Gasteiger partial charge on any atom is 0.326 e. The summed E-state index contributed by atoms with van der Waals surface area (Å²) in [6.07, 6.45) is 0.920. The highest BCUT2D eigenvalue weighted by Gasteiger charge is 2.26. The Morgan fingerprint density at radius 3 is 2.39 bits per heavy atom. The van der Waals surface area contributed by atoms with Gasteiger partial charge >= 0.3 is 12.0 Å². The summed E-state index contributed by atoms with van der Waals surface area (Å²) in [6, 6.07) is -1.09. The van der Waals surface area contributed by atoms with Crippen LogP contribution in [0.4, 0.5) is 4.79 Å². The van der Waals surface area contributed by atoms with Gasteiger partial charge in [0.25, 0.3) is 0 Å². The Kier molecular flexibility index (Phi) is 5.40. The number of carbonyl (C=O) groups excluding carboxylic acids is 1. The van der Waals surface area contributed by atoms with Gasteiger partial charge in [0.05, 0.1) is 0 Å². The first kappa shape index (κ1) is 14.8. The predicted molar refractivity (Wildman–Crippen MR) is 68.5 cm³/mol. The number of nitrogens with zero attached hydrogens (tertiary/aromatic N) is 2. The largest absolute Gasteiger partial charge is 0.480 e. The van der Waals surface area contributed by atoms with E-state index < -0.39 is 12.0 Å². The average molecular weight is 257 g/mol. The first-order valence-corrected chi connectivity index (χ1v) is 6.38. The van der Waals surface area contributed by atoms with E-state index in [0.29, 0.717) is 13.1 Å². The molecule has 1 unspecified atom stereocenters. The Balaban J connectivity index is 2.55. The molecule has 0 aliphatic carbocycles. The number of amides is 2. The molecule has 104 valence electrons. The minimum atomic E-state index is -0.981. The fourth-order valence-corrected chi connectivity index (χ4v) is 1.99. The van der Waals surface area contributed by atoms with Gasteiger partial charge in [0, 0.05) is 19.6 Å². The summed E-state index contributed by atoms with van der Waals surface area (Å²) < 4.78 is 0. The molecule has 0 radical (unpaired) electrons. The lowest BCUT2D eigenvalue weighted by Crippen LogP contribution is -2.50. The molecule has 0 aromatic heterocycles. The molecule has 2 amide bonds. The first-order valence-electron chi connectivity index (χ1n) is 6.38. The van der Waals surface area contributed by atoms with Crippen molar-refractivity contribution in [1.82, 2.24) is 15.1 Å². The summed E-state index contributed by atoms with van der Waals surface area (Å²) >= 11 is 0. The van der Waals surface area contributed by atoms with E-state index in [0.717, 1.165) is 19.5 Å². The Morgan fingerprint density at radius 1 is 1.17 bits per heavy atom. The SMILES string of the molecule is CC(C)C(NC(=O)N1CCCN(C)CC1)C(=O)O. The Hall–Kier alpha value is -1.30. The van der Waals surface area contributed by atoms with Gasteiger partial charge in [-0.1, -0.05) is 13.8 Å². The van der Waals surface area contributed by atoms with Gasteiger partial charge in [-0.3, -0.25) is 0 Å². The van der Waals surface area contributed by atoms with Crippen LogP contribution in [0.25, 0.3) is 0 Å². The van der Waals surface area contributed by atoms with E-state index in [9.17, 15) is 9.59 Å². The molecule has 1 saturated heterocycles. The molecule has 1 aliphatic heterocycles. The summed E-state index contributed by atoms with van der Waals surface area (Å²) in [5, 5.41) is 11.6. The van der Waals surface area contributed by atoms with E-state index in [1.165, 1.54) is 0 Å². The van der Waals surface area contributed by atoms with Gasteiger partial charge in [0.15, 0.2) is 0 Å². The molecular weight excluding hydrogens is 234 g/mol. The summed E-state index contributed by atoms with van der Waals surface area (Å²) in [4.78, 5) is 26.9. The number of carbonyl (C=O) groups is 2. The molecule has 2 N–H and O–H groups in total. The van der Waals surface area contributed by atoms with Crippen molar-refractivity contribution in [3.05, 3.63) is 0 Å². The van der Waals surface area contributed by atoms with Crippen molar-refractivity contribution in [1.29, 1.82) is 0 Å².